The van der Waals surface area contributed by atoms with Crippen LogP contribution in [0.25, 0.3) is 0 Å². The SMILES string of the molecule is C[C@@H]1[C@@H](C)CCC[C@H]([C@H]2OC[C@@](N)(CO)CO2)[C@@H]2CC[C@H]2CN2C[C@@]3(CCCc4cc(Cl)ccc43)COc3ccc(cc32)C(=O)NS1(=O)=O. The van der Waals surface area contributed by atoms with Crippen molar-refractivity contribution >= 4 is 33.2 Å². The van der Waals surface area contributed by atoms with Crippen LogP contribution in [0.3, 0.4) is 0 Å². The standard InChI is InChI=1S/C37H50ClN3O7S/c1-23-5-3-7-30(35-47-21-37(39,19-42)22-48-35)29-11-8-27(29)17-41-18-36(14-4-6-25-15-28(38)10-12-31(25)36)20-46-33-13-9-26(16-32(33)41)34(43)40-49(44,45)24(23)2/h9-10,12-13,15-16,23-24,27,29-30,35,42H,3-8,11,14,17-22,39H2,1-2H3,(H,40,43)/t23-,24+,27-,29+,30-,35-,36-,37-/m0/s1. The number of carbonyl (C=O) groups excluding carboxylic acids is 1. The molecule has 0 unspecified atom stereocenters. The Balaban J connectivity index is 1.27. The number of carbonyl (C=O) groups is 1. The molecule has 2 aromatic rings. The second kappa shape index (κ2) is 13.6. The van der Waals surface area contributed by atoms with E-state index in [-0.39, 0.29) is 42.6 Å². The van der Waals surface area contributed by atoms with Gasteiger partial charge in [-0.1, -0.05) is 31.0 Å². The minimum Gasteiger partial charge on any atom is -0.490 e. The molecule has 3 aliphatic heterocycles. The number of benzene rings is 2. The van der Waals surface area contributed by atoms with Crippen LogP contribution in [0.5, 0.6) is 5.75 Å². The molecule has 7 rings (SSSR count). The van der Waals surface area contributed by atoms with Gasteiger partial charge in [0.05, 0.1) is 42.9 Å². The molecular formula is C37H50ClN3O7S. The molecule has 3 heterocycles. The highest BCUT2D eigenvalue weighted by Crippen LogP contribution is 2.49. The highest BCUT2D eigenvalue weighted by atomic mass is 35.5. The number of sulfonamides is 1. The van der Waals surface area contributed by atoms with Gasteiger partial charge in [-0.15, -0.1) is 0 Å². The van der Waals surface area contributed by atoms with Gasteiger partial charge in [-0.2, -0.15) is 0 Å². The molecule has 0 radical (unpaired) electrons. The topological polar surface area (TPSA) is 140 Å². The fraction of sp³-hybridized carbons (Fsp3) is 0.649. The fourth-order valence-electron chi connectivity index (χ4n) is 8.90. The molecule has 12 heteroatoms. The second-order valence-electron chi connectivity index (χ2n) is 15.6. The largest absolute Gasteiger partial charge is 0.490 e. The first-order valence-corrected chi connectivity index (χ1v) is 19.8. The molecule has 6 atom stereocenters. The van der Waals surface area contributed by atoms with Crippen LogP contribution in [0.1, 0.15) is 80.3 Å². The maximum Gasteiger partial charge on any atom is 0.264 e. The van der Waals surface area contributed by atoms with Gasteiger partial charge in [-0.05, 0) is 111 Å². The Morgan fingerprint density at radius 2 is 1.82 bits per heavy atom. The number of nitrogens with two attached hydrogens (primary N) is 1. The number of nitrogens with one attached hydrogen (secondary N) is 1. The van der Waals surface area contributed by atoms with Crippen LogP contribution < -0.4 is 20.1 Å². The average Bonchev–Trinajstić information content (AvgIpc) is 3.22. The number of ether oxygens (including phenoxy) is 3. The summed E-state index contributed by atoms with van der Waals surface area (Å²) in [7, 11) is -3.94. The van der Waals surface area contributed by atoms with E-state index in [1.165, 1.54) is 11.1 Å². The Morgan fingerprint density at radius 3 is 2.55 bits per heavy atom. The van der Waals surface area contributed by atoms with E-state index in [0.29, 0.717) is 37.2 Å². The number of anilines is 1. The number of aryl methyl sites for hydroxylation is 1. The van der Waals surface area contributed by atoms with Crippen molar-refractivity contribution in [2.24, 2.45) is 29.4 Å². The van der Waals surface area contributed by atoms with Crippen LogP contribution in [-0.4, -0.2) is 76.0 Å². The number of rotatable bonds is 2. The van der Waals surface area contributed by atoms with Crippen LogP contribution in [0.15, 0.2) is 36.4 Å². The maximum absolute atomic E-state index is 13.5. The van der Waals surface area contributed by atoms with Crippen LogP contribution >= 0.6 is 11.6 Å². The van der Waals surface area contributed by atoms with Crippen molar-refractivity contribution in [2.75, 3.05) is 44.4 Å². The van der Waals surface area contributed by atoms with E-state index >= 15 is 0 Å². The van der Waals surface area contributed by atoms with Crippen molar-refractivity contribution in [3.63, 3.8) is 0 Å². The van der Waals surface area contributed by atoms with E-state index in [2.05, 4.69) is 21.8 Å². The summed E-state index contributed by atoms with van der Waals surface area (Å²) >= 11 is 6.45. The number of fused-ring (bicyclic) bond motifs is 4. The van der Waals surface area contributed by atoms with Gasteiger partial charge >= 0.3 is 0 Å². The molecule has 2 aromatic carbocycles. The Hall–Kier alpha value is -2.41. The Kier molecular flexibility index (Phi) is 9.73. The number of aliphatic hydroxyl groups excluding tert-OH is 1. The van der Waals surface area contributed by atoms with Gasteiger partial charge in [0.2, 0.25) is 10.0 Å². The molecule has 4 N–H and O–H groups in total. The van der Waals surface area contributed by atoms with Crippen LogP contribution in [0, 0.1) is 23.7 Å². The summed E-state index contributed by atoms with van der Waals surface area (Å²) in [6.07, 6.45) is 6.89. The molecule has 49 heavy (non-hydrogen) atoms. The van der Waals surface area contributed by atoms with E-state index in [1.54, 1.807) is 19.1 Å². The molecule has 5 aliphatic rings. The average molecular weight is 716 g/mol. The molecule has 0 aromatic heterocycles. The predicted molar refractivity (Wildman–Crippen MR) is 188 cm³/mol. The summed E-state index contributed by atoms with van der Waals surface area (Å²) in [5.74, 6) is 0.650. The van der Waals surface area contributed by atoms with Crippen molar-refractivity contribution in [2.45, 2.75) is 87.7 Å². The zero-order valence-corrected chi connectivity index (χ0v) is 30.1. The fourth-order valence-corrected chi connectivity index (χ4v) is 10.4. The highest BCUT2D eigenvalue weighted by molar-refractivity contribution is 7.90. The van der Waals surface area contributed by atoms with Crippen LogP contribution in [0.2, 0.25) is 5.02 Å². The Bertz CT molecular complexity index is 1660. The molecule has 10 nitrogen and oxygen atoms in total. The van der Waals surface area contributed by atoms with Gasteiger partial charge in [-0.25, -0.2) is 13.1 Å². The molecule has 1 amide bonds. The third kappa shape index (κ3) is 6.83. The molecule has 1 saturated carbocycles. The zero-order chi connectivity index (χ0) is 34.6. The van der Waals surface area contributed by atoms with Gasteiger partial charge in [0.25, 0.3) is 5.91 Å². The van der Waals surface area contributed by atoms with Gasteiger partial charge in [0, 0.05) is 35.0 Å². The van der Waals surface area contributed by atoms with Gasteiger partial charge in [0.15, 0.2) is 6.29 Å². The van der Waals surface area contributed by atoms with Crippen LogP contribution in [0.4, 0.5) is 5.69 Å². The molecular weight excluding hydrogens is 666 g/mol. The predicted octanol–water partition coefficient (Wildman–Crippen LogP) is 4.79. The third-order valence-electron chi connectivity index (χ3n) is 12.2. The molecule has 1 saturated heterocycles. The summed E-state index contributed by atoms with van der Waals surface area (Å²) in [6, 6.07) is 11.5. The number of halogens is 1. The van der Waals surface area contributed by atoms with Crippen molar-refractivity contribution in [1.29, 1.82) is 0 Å². The number of hydrogen-bond donors (Lipinski definition) is 3. The van der Waals surface area contributed by atoms with Crippen molar-refractivity contribution < 1.29 is 32.5 Å². The number of amides is 1. The van der Waals surface area contributed by atoms with Gasteiger partial charge < -0.3 is 30.0 Å². The summed E-state index contributed by atoms with van der Waals surface area (Å²) in [4.78, 5) is 15.9. The molecule has 1 spiro atoms. The summed E-state index contributed by atoms with van der Waals surface area (Å²) in [5.41, 5.74) is 8.70. The first kappa shape index (κ1) is 35.0. The van der Waals surface area contributed by atoms with E-state index in [0.717, 1.165) is 62.2 Å². The van der Waals surface area contributed by atoms with Crippen LogP contribution in [-0.2, 0) is 31.3 Å². The Morgan fingerprint density at radius 1 is 1.02 bits per heavy atom. The molecule has 268 valence electrons. The third-order valence-corrected chi connectivity index (χ3v) is 14.4. The lowest BCUT2D eigenvalue weighted by atomic mass is 9.64. The summed E-state index contributed by atoms with van der Waals surface area (Å²) in [6.45, 7) is 5.78. The first-order chi connectivity index (χ1) is 23.4. The van der Waals surface area contributed by atoms with E-state index in [1.807, 2.05) is 19.1 Å². The highest BCUT2D eigenvalue weighted by Gasteiger charge is 2.47. The van der Waals surface area contributed by atoms with E-state index < -0.39 is 33.0 Å². The molecule has 2 bridgehead atoms. The summed E-state index contributed by atoms with van der Waals surface area (Å²) in [5, 5.41) is 9.80. The lowest BCUT2D eigenvalue weighted by molar-refractivity contribution is -0.249. The monoisotopic (exact) mass is 715 g/mol. The van der Waals surface area contributed by atoms with E-state index in [4.69, 9.17) is 31.5 Å². The summed E-state index contributed by atoms with van der Waals surface area (Å²) < 4.78 is 48.5. The second-order valence-corrected chi connectivity index (χ2v) is 18.0. The normalized spacial score (nSPS) is 36.3. The lowest BCUT2D eigenvalue weighted by Crippen LogP contribution is -2.59. The number of nitrogens with zero attached hydrogens (tertiary/aromatic N) is 1. The number of aliphatic hydroxyl groups is 1. The quantitative estimate of drug-likeness (QED) is 0.401. The van der Waals surface area contributed by atoms with Gasteiger partial charge in [-0.3, -0.25) is 4.79 Å². The lowest BCUT2D eigenvalue weighted by Gasteiger charge is -2.49. The molecule has 2 aliphatic carbocycles. The molecule has 2 fully saturated rings. The minimum absolute atomic E-state index is 0.0919. The zero-order valence-electron chi connectivity index (χ0n) is 28.5. The van der Waals surface area contributed by atoms with Gasteiger partial charge in [0.1, 0.15) is 5.75 Å². The Labute approximate surface area is 295 Å². The van der Waals surface area contributed by atoms with Crippen molar-refractivity contribution in [3.8, 4) is 5.75 Å². The smallest absolute Gasteiger partial charge is 0.264 e. The first-order valence-electron chi connectivity index (χ1n) is 17.9. The number of hydrogen-bond acceptors (Lipinski definition) is 9. The van der Waals surface area contributed by atoms with E-state index in [9.17, 15) is 18.3 Å². The minimum atomic E-state index is -3.94. The van der Waals surface area contributed by atoms with Crippen molar-refractivity contribution in [1.82, 2.24) is 4.72 Å². The maximum atomic E-state index is 13.5. The van der Waals surface area contributed by atoms with Crippen molar-refractivity contribution in [3.05, 3.63) is 58.1 Å².